The van der Waals surface area contributed by atoms with E-state index in [1.807, 2.05) is 0 Å². The molecule has 0 spiro atoms. The van der Waals surface area contributed by atoms with Gasteiger partial charge in [-0.25, -0.2) is 8.42 Å². The third-order valence-electron chi connectivity index (χ3n) is 5.20. The number of nitrogens with zero attached hydrogens (tertiary/aromatic N) is 1. The molecule has 8 nitrogen and oxygen atoms in total. The van der Waals surface area contributed by atoms with Gasteiger partial charge in [-0.2, -0.15) is 0 Å². The maximum atomic E-state index is 13.1. The van der Waals surface area contributed by atoms with Crippen molar-refractivity contribution in [3.05, 3.63) is 72.3 Å². The Balaban J connectivity index is 1.54. The summed E-state index contributed by atoms with van der Waals surface area (Å²) in [6.45, 7) is 1.11. The third-order valence-corrected chi connectivity index (χ3v) is 6.98. The van der Waals surface area contributed by atoms with E-state index in [2.05, 4.69) is 5.32 Å². The fourth-order valence-corrected chi connectivity index (χ4v) is 4.57. The van der Waals surface area contributed by atoms with Gasteiger partial charge in [-0.3, -0.25) is 9.10 Å². The second kappa shape index (κ2) is 9.41. The molecule has 0 saturated heterocycles. The second-order valence-corrected chi connectivity index (χ2v) is 9.33. The number of hydrogen-bond acceptors (Lipinski definition) is 6. The molecule has 0 radical (unpaired) electrons. The van der Waals surface area contributed by atoms with Crippen molar-refractivity contribution in [1.29, 1.82) is 0 Å². The highest BCUT2D eigenvalue weighted by Crippen LogP contribution is 2.32. The summed E-state index contributed by atoms with van der Waals surface area (Å²) in [7, 11) is -0.881. The molecule has 0 aromatic heterocycles. The lowest BCUT2D eigenvalue weighted by molar-refractivity contribution is 0.102. The zero-order valence-corrected chi connectivity index (χ0v) is 19.1. The molecule has 0 atom stereocenters. The molecule has 33 heavy (non-hydrogen) atoms. The predicted molar refractivity (Wildman–Crippen MR) is 125 cm³/mol. The average molecular weight is 469 g/mol. The quantitative estimate of drug-likeness (QED) is 0.589. The summed E-state index contributed by atoms with van der Waals surface area (Å²) in [6.07, 6.45) is 0.780. The van der Waals surface area contributed by atoms with Gasteiger partial charge in [0, 0.05) is 30.8 Å². The topological polar surface area (TPSA) is 94.2 Å². The van der Waals surface area contributed by atoms with Crippen LogP contribution in [-0.2, 0) is 10.0 Å². The van der Waals surface area contributed by atoms with Gasteiger partial charge < -0.3 is 19.5 Å². The van der Waals surface area contributed by atoms with E-state index in [1.54, 1.807) is 55.6 Å². The molecular formula is C24H24N2O6S. The van der Waals surface area contributed by atoms with Gasteiger partial charge in [-0.15, -0.1) is 0 Å². The molecule has 1 N–H and O–H groups in total. The Hall–Kier alpha value is -3.72. The van der Waals surface area contributed by atoms with Crippen molar-refractivity contribution in [2.75, 3.05) is 37.0 Å². The Morgan fingerprint density at radius 2 is 1.70 bits per heavy atom. The average Bonchev–Trinajstić information content (AvgIpc) is 3.08. The lowest BCUT2D eigenvalue weighted by Gasteiger charge is -2.20. The van der Waals surface area contributed by atoms with Crippen LogP contribution in [0.2, 0.25) is 0 Å². The molecule has 0 bridgehead atoms. The van der Waals surface area contributed by atoms with E-state index in [9.17, 15) is 13.2 Å². The van der Waals surface area contributed by atoms with E-state index < -0.39 is 15.9 Å². The van der Waals surface area contributed by atoms with Gasteiger partial charge in [0.1, 0.15) is 5.75 Å². The van der Waals surface area contributed by atoms with Crippen LogP contribution in [0.4, 0.5) is 11.4 Å². The SMILES string of the molecule is COc1ccc(N(C)S(=O)(=O)c2cccc(C(=O)Nc3ccc4c(c3)OCCCO4)c2)cc1. The Bertz CT molecular complexity index is 1260. The largest absolute Gasteiger partial charge is 0.497 e. The first-order chi connectivity index (χ1) is 15.9. The molecule has 4 rings (SSSR count). The van der Waals surface area contributed by atoms with Crippen LogP contribution in [0.15, 0.2) is 71.6 Å². The van der Waals surface area contributed by atoms with Gasteiger partial charge in [-0.05, 0) is 54.6 Å². The molecule has 3 aromatic carbocycles. The highest BCUT2D eigenvalue weighted by atomic mass is 32.2. The van der Waals surface area contributed by atoms with Crippen LogP contribution in [0.5, 0.6) is 17.2 Å². The van der Waals surface area contributed by atoms with E-state index in [0.29, 0.717) is 41.8 Å². The summed E-state index contributed by atoms with van der Waals surface area (Å²) in [5.74, 6) is 1.37. The van der Waals surface area contributed by atoms with E-state index in [4.69, 9.17) is 14.2 Å². The van der Waals surface area contributed by atoms with Gasteiger partial charge in [0.2, 0.25) is 0 Å². The zero-order valence-electron chi connectivity index (χ0n) is 18.3. The molecule has 0 fully saturated rings. The minimum Gasteiger partial charge on any atom is -0.497 e. The van der Waals surface area contributed by atoms with Crippen LogP contribution < -0.4 is 23.8 Å². The molecule has 9 heteroatoms. The summed E-state index contributed by atoms with van der Waals surface area (Å²) < 4.78 is 43.8. The first kappa shape index (κ1) is 22.5. The molecule has 0 unspecified atom stereocenters. The number of fused-ring (bicyclic) bond motifs is 1. The molecule has 0 saturated carbocycles. The number of rotatable bonds is 6. The minimum atomic E-state index is -3.88. The van der Waals surface area contributed by atoms with Gasteiger partial charge in [0.25, 0.3) is 15.9 Å². The summed E-state index contributed by atoms with van der Waals surface area (Å²) in [6, 6.07) is 17.7. The first-order valence-electron chi connectivity index (χ1n) is 10.3. The molecular weight excluding hydrogens is 444 g/mol. The molecule has 1 aliphatic heterocycles. The molecule has 0 aliphatic carbocycles. The number of methoxy groups -OCH3 is 1. The van der Waals surface area contributed by atoms with Crippen LogP contribution in [-0.4, -0.2) is 41.7 Å². The smallest absolute Gasteiger partial charge is 0.264 e. The first-order valence-corrected chi connectivity index (χ1v) is 11.8. The molecule has 1 amide bonds. The van der Waals surface area contributed by atoms with Crippen molar-refractivity contribution in [3.63, 3.8) is 0 Å². The Morgan fingerprint density at radius 1 is 0.970 bits per heavy atom. The van der Waals surface area contributed by atoms with E-state index >= 15 is 0 Å². The van der Waals surface area contributed by atoms with E-state index in [-0.39, 0.29) is 10.5 Å². The van der Waals surface area contributed by atoms with Crippen molar-refractivity contribution in [2.24, 2.45) is 0 Å². The van der Waals surface area contributed by atoms with Gasteiger partial charge in [0.15, 0.2) is 11.5 Å². The maximum Gasteiger partial charge on any atom is 0.264 e. The van der Waals surface area contributed by atoms with Gasteiger partial charge in [0.05, 0.1) is 30.9 Å². The molecule has 1 aliphatic rings. The lowest BCUT2D eigenvalue weighted by Crippen LogP contribution is -2.26. The number of amides is 1. The van der Waals surface area contributed by atoms with Crippen LogP contribution in [0, 0.1) is 0 Å². The summed E-state index contributed by atoms with van der Waals surface area (Å²) in [5, 5.41) is 2.78. The fraction of sp³-hybridized carbons (Fsp3) is 0.208. The monoisotopic (exact) mass is 468 g/mol. The maximum absolute atomic E-state index is 13.1. The molecule has 3 aromatic rings. The second-order valence-electron chi connectivity index (χ2n) is 7.36. The highest BCUT2D eigenvalue weighted by molar-refractivity contribution is 7.92. The summed E-state index contributed by atoms with van der Waals surface area (Å²) >= 11 is 0. The third kappa shape index (κ3) is 4.88. The normalized spacial score (nSPS) is 13.0. The Morgan fingerprint density at radius 3 is 2.42 bits per heavy atom. The number of nitrogens with one attached hydrogen (secondary N) is 1. The van der Waals surface area contributed by atoms with E-state index in [0.717, 1.165) is 10.7 Å². The number of sulfonamides is 1. The number of benzene rings is 3. The van der Waals surface area contributed by atoms with Crippen LogP contribution >= 0.6 is 0 Å². The highest BCUT2D eigenvalue weighted by Gasteiger charge is 2.23. The van der Waals surface area contributed by atoms with Crippen LogP contribution in [0.25, 0.3) is 0 Å². The van der Waals surface area contributed by atoms with Crippen molar-refractivity contribution in [3.8, 4) is 17.2 Å². The molecule has 1 heterocycles. The predicted octanol–water partition coefficient (Wildman–Crippen LogP) is 3.93. The summed E-state index contributed by atoms with van der Waals surface area (Å²) in [5.41, 5.74) is 1.21. The lowest BCUT2D eigenvalue weighted by atomic mass is 10.2. The van der Waals surface area contributed by atoms with Crippen LogP contribution in [0.3, 0.4) is 0 Å². The van der Waals surface area contributed by atoms with Gasteiger partial charge in [-0.1, -0.05) is 6.07 Å². The Labute approximate surface area is 192 Å². The number of carbonyl (C=O) groups is 1. The van der Waals surface area contributed by atoms with Gasteiger partial charge >= 0.3 is 0 Å². The van der Waals surface area contributed by atoms with E-state index in [1.165, 1.54) is 25.2 Å². The van der Waals surface area contributed by atoms with Crippen molar-refractivity contribution < 1.29 is 27.4 Å². The van der Waals surface area contributed by atoms with Crippen molar-refractivity contribution in [1.82, 2.24) is 0 Å². The standard InChI is InChI=1S/C24H24N2O6S/c1-26(19-8-10-20(30-2)11-9-19)33(28,29)21-6-3-5-17(15-21)24(27)25-18-7-12-22-23(16-18)32-14-4-13-31-22/h3,5-12,15-16H,4,13-14H2,1-2H3,(H,25,27). The fourth-order valence-electron chi connectivity index (χ4n) is 3.33. The molecule has 172 valence electrons. The van der Waals surface area contributed by atoms with Crippen molar-refractivity contribution >= 4 is 27.3 Å². The number of anilines is 2. The Kier molecular flexibility index (Phi) is 6.41. The number of ether oxygens (including phenoxy) is 3. The number of carbonyl (C=O) groups excluding carboxylic acids is 1. The van der Waals surface area contributed by atoms with Crippen LogP contribution in [0.1, 0.15) is 16.8 Å². The van der Waals surface area contributed by atoms with Crippen molar-refractivity contribution in [2.45, 2.75) is 11.3 Å². The number of hydrogen-bond donors (Lipinski definition) is 1. The zero-order chi connectivity index (χ0) is 23.4. The minimum absolute atomic E-state index is 0.00660. The summed E-state index contributed by atoms with van der Waals surface area (Å²) in [4.78, 5) is 12.8.